The van der Waals surface area contributed by atoms with Gasteiger partial charge in [0.2, 0.25) is 5.91 Å². The lowest BCUT2D eigenvalue weighted by atomic mass is 10.1. The van der Waals surface area contributed by atoms with E-state index in [1.54, 1.807) is 0 Å². The summed E-state index contributed by atoms with van der Waals surface area (Å²) >= 11 is 0. The number of amides is 1. The third-order valence-corrected chi connectivity index (χ3v) is 5.25. The van der Waals surface area contributed by atoms with Crippen molar-refractivity contribution >= 4 is 17.6 Å². The van der Waals surface area contributed by atoms with E-state index in [0.717, 1.165) is 50.8 Å². The van der Waals surface area contributed by atoms with Gasteiger partial charge < -0.3 is 14.7 Å². The minimum absolute atomic E-state index is 0.243. The van der Waals surface area contributed by atoms with Crippen molar-refractivity contribution in [2.24, 2.45) is 9.98 Å². The van der Waals surface area contributed by atoms with Crippen molar-refractivity contribution in [1.82, 2.24) is 14.7 Å². The van der Waals surface area contributed by atoms with Crippen LogP contribution in [0.15, 0.2) is 52.7 Å². The SMILES string of the molecule is CC1CN=C2C(N3CCN(C(=O)CCc4ccccc4)CC3)=NC=CN21. The number of aliphatic imine (C=N–C) groups is 2. The lowest BCUT2D eigenvalue weighted by Crippen LogP contribution is -2.54. The highest BCUT2D eigenvalue weighted by Crippen LogP contribution is 2.18. The van der Waals surface area contributed by atoms with Crippen LogP contribution in [0.3, 0.4) is 0 Å². The molecule has 6 heteroatoms. The predicted octanol–water partition coefficient (Wildman–Crippen LogP) is 1.75. The summed E-state index contributed by atoms with van der Waals surface area (Å²) < 4.78 is 0. The molecule has 0 spiro atoms. The minimum atomic E-state index is 0.243. The maximum absolute atomic E-state index is 12.5. The van der Waals surface area contributed by atoms with E-state index in [4.69, 9.17) is 0 Å². The molecule has 1 amide bonds. The zero-order valence-electron chi connectivity index (χ0n) is 15.2. The first kappa shape index (κ1) is 16.8. The van der Waals surface area contributed by atoms with Crippen LogP contribution < -0.4 is 0 Å². The maximum Gasteiger partial charge on any atom is 0.223 e. The number of aryl methyl sites for hydroxylation is 1. The molecule has 26 heavy (non-hydrogen) atoms. The van der Waals surface area contributed by atoms with Crippen molar-refractivity contribution in [2.45, 2.75) is 25.8 Å². The van der Waals surface area contributed by atoms with Gasteiger partial charge in [-0.3, -0.25) is 9.79 Å². The Bertz CT molecular complexity index is 747. The molecule has 6 nitrogen and oxygen atoms in total. The summed E-state index contributed by atoms with van der Waals surface area (Å²) in [6.07, 6.45) is 5.24. The molecule has 4 rings (SSSR count). The second kappa shape index (κ2) is 7.32. The Labute approximate surface area is 154 Å². The predicted molar refractivity (Wildman–Crippen MR) is 103 cm³/mol. The van der Waals surface area contributed by atoms with Crippen molar-refractivity contribution < 1.29 is 4.79 Å². The Morgan fingerprint density at radius 1 is 1.12 bits per heavy atom. The maximum atomic E-state index is 12.5. The number of hydrogen-bond donors (Lipinski definition) is 0. The summed E-state index contributed by atoms with van der Waals surface area (Å²) in [4.78, 5) is 28.2. The molecule has 1 fully saturated rings. The Hall–Kier alpha value is -2.63. The zero-order chi connectivity index (χ0) is 17.9. The Balaban J connectivity index is 1.31. The summed E-state index contributed by atoms with van der Waals surface area (Å²) in [5.74, 6) is 2.17. The molecule has 0 radical (unpaired) electrons. The first-order chi connectivity index (χ1) is 12.7. The van der Waals surface area contributed by atoms with Crippen LogP contribution >= 0.6 is 0 Å². The molecule has 0 aliphatic carbocycles. The van der Waals surface area contributed by atoms with Crippen molar-refractivity contribution in [3.8, 4) is 0 Å². The van der Waals surface area contributed by atoms with Gasteiger partial charge in [0.15, 0.2) is 11.7 Å². The van der Waals surface area contributed by atoms with Gasteiger partial charge >= 0.3 is 0 Å². The van der Waals surface area contributed by atoms with Gasteiger partial charge in [-0.25, -0.2) is 4.99 Å². The number of nitrogens with zero attached hydrogens (tertiary/aromatic N) is 5. The van der Waals surface area contributed by atoms with E-state index in [-0.39, 0.29) is 5.91 Å². The molecule has 136 valence electrons. The van der Waals surface area contributed by atoms with Crippen LogP contribution in [0.2, 0.25) is 0 Å². The minimum Gasteiger partial charge on any atom is -0.350 e. The highest BCUT2D eigenvalue weighted by atomic mass is 16.2. The zero-order valence-corrected chi connectivity index (χ0v) is 15.2. The molecule has 0 N–H and O–H groups in total. The topological polar surface area (TPSA) is 51.5 Å². The summed E-state index contributed by atoms with van der Waals surface area (Å²) in [6.45, 7) is 6.11. The largest absolute Gasteiger partial charge is 0.350 e. The first-order valence-electron chi connectivity index (χ1n) is 9.36. The summed E-state index contributed by atoms with van der Waals surface area (Å²) in [5.41, 5.74) is 1.22. The number of piperazine rings is 1. The molecule has 3 aliphatic heterocycles. The summed E-state index contributed by atoms with van der Waals surface area (Å²) in [7, 11) is 0. The van der Waals surface area contributed by atoms with Gasteiger partial charge in [0.05, 0.1) is 12.6 Å². The van der Waals surface area contributed by atoms with Gasteiger partial charge in [-0.05, 0) is 18.9 Å². The molecule has 3 heterocycles. The van der Waals surface area contributed by atoms with Crippen molar-refractivity contribution in [2.75, 3.05) is 32.7 Å². The third-order valence-electron chi connectivity index (χ3n) is 5.25. The van der Waals surface area contributed by atoms with E-state index in [1.807, 2.05) is 35.5 Å². The lowest BCUT2D eigenvalue weighted by molar-refractivity contribution is -0.132. The number of rotatable bonds is 3. The second-order valence-electron chi connectivity index (χ2n) is 7.02. The normalized spacial score (nSPS) is 22.2. The number of hydrogen-bond acceptors (Lipinski definition) is 5. The molecule has 1 atom stereocenters. The highest BCUT2D eigenvalue weighted by Gasteiger charge is 2.32. The first-order valence-corrected chi connectivity index (χ1v) is 9.36. The van der Waals surface area contributed by atoms with E-state index < -0.39 is 0 Å². The van der Waals surface area contributed by atoms with Crippen molar-refractivity contribution in [3.63, 3.8) is 0 Å². The fraction of sp³-hybridized carbons (Fsp3) is 0.450. The monoisotopic (exact) mass is 351 g/mol. The quantitative estimate of drug-likeness (QED) is 0.834. The van der Waals surface area contributed by atoms with Crippen molar-refractivity contribution in [1.29, 1.82) is 0 Å². The number of fused-ring (bicyclic) bond motifs is 1. The fourth-order valence-corrected chi connectivity index (χ4v) is 3.68. The average molecular weight is 351 g/mol. The van der Waals surface area contributed by atoms with E-state index in [2.05, 4.69) is 38.8 Å². The standard InChI is InChI=1S/C20H25N5O/c1-16-15-22-20-19(21-9-10-25(16)20)24-13-11-23(12-14-24)18(26)8-7-17-5-3-2-4-6-17/h2-6,9-10,16H,7-8,11-15H2,1H3. The third kappa shape index (κ3) is 3.36. The second-order valence-corrected chi connectivity index (χ2v) is 7.02. The van der Waals surface area contributed by atoms with Gasteiger partial charge in [-0.2, -0.15) is 0 Å². The number of carbonyl (C=O) groups excluding carboxylic acids is 1. The molecule has 1 aromatic rings. The lowest BCUT2D eigenvalue weighted by Gasteiger charge is -2.38. The molecular weight excluding hydrogens is 326 g/mol. The van der Waals surface area contributed by atoms with E-state index >= 15 is 0 Å². The van der Waals surface area contributed by atoms with Crippen LogP contribution in [0.25, 0.3) is 0 Å². The molecule has 1 aromatic carbocycles. The van der Waals surface area contributed by atoms with Gasteiger partial charge in [0.1, 0.15) is 0 Å². The smallest absolute Gasteiger partial charge is 0.223 e. The number of amidine groups is 2. The molecule has 1 unspecified atom stereocenters. The summed E-state index contributed by atoms with van der Waals surface area (Å²) in [6, 6.07) is 10.6. The van der Waals surface area contributed by atoms with Crippen LogP contribution in [0, 0.1) is 0 Å². The number of carbonyl (C=O) groups is 1. The van der Waals surface area contributed by atoms with Gasteiger partial charge in [-0.1, -0.05) is 30.3 Å². The van der Waals surface area contributed by atoms with Crippen LogP contribution in [0.1, 0.15) is 18.9 Å². The van der Waals surface area contributed by atoms with Crippen LogP contribution in [0.4, 0.5) is 0 Å². The fourth-order valence-electron chi connectivity index (χ4n) is 3.68. The van der Waals surface area contributed by atoms with Crippen LogP contribution in [0.5, 0.6) is 0 Å². The molecule has 0 bridgehead atoms. The van der Waals surface area contributed by atoms with Crippen LogP contribution in [-0.2, 0) is 11.2 Å². The Morgan fingerprint density at radius 2 is 1.88 bits per heavy atom. The highest BCUT2D eigenvalue weighted by molar-refractivity contribution is 6.41. The Morgan fingerprint density at radius 3 is 2.65 bits per heavy atom. The Kier molecular flexibility index (Phi) is 4.73. The van der Waals surface area contributed by atoms with Crippen LogP contribution in [-0.4, -0.2) is 71.0 Å². The summed E-state index contributed by atoms with van der Waals surface area (Å²) in [5, 5.41) is 0. The van der Waals surface area contributed by atoms with Crippen molar-refractivity contribution in [3.05, 3.63) is 48.3 Å². The van der Waals surface area contributed by atoms with E-state index in [1.165, 1.54) is 5.56 Å². The van der Waals surface area contributed by atoms with Gasteiger partial charge in [0.25, 0.3) is 0 Å². The molecule has 0 saturated carbocycles. The molecular formula is C20H25N5O. The van der Waals surface area contributed by atoms with E-state index in [9.17, 15) is 4.79 Å². The molecule has 1 saturated heterocycles. The molecule has 3 aliphatic rings. The number of benzene rings is 1. The molecule has 0 aromatic heterocycles. The average Bonchev–Trinajstić information content (AvgIpc) is 3.08. The van der Waals surface area contributed by atoms with Gasteiger partial charge in [0, 0.05) is 45.0 Å². The van der Waals surface area contributed by atoms with E-state index in [0.29, 0.717) is 12.5 Å². The van der Waals surface area contributed by atoms with Gasteiger partial charge in [-0.15, -0.1) is 0 Å².